The van der Waals surface area contributed by atoms with Gasteiger partial charge in [-0.2, -0.15) is 0 Å². The molecule has 0 radical (unpaired) electrons. The smallest absolute Gasteiger partial charge is 0.170 e. The lowest BCUT2D eigenvalue weighted by Crippen LogP contribution is -2.35. The summed E-state index contributed by atoms with van der Waals surface area (Å²) < 4.78 is 5.88. The second-order valence-corrected chi connectivity index (χ2v) is 5.16. The van der Waals surface area contributed by atoms with Crippen molar-refractivity contribution in [2.24, 2.45) is 0 Å². The molecule has 1 heterocycles. The van der Waals surface area contributed by atoms with Crippen LogP contribution in [0.3, 0.4) is 0 Å². The monoisotopic (exact) mass is 226 g/mol. The van der Waals surface area contributed by atoms with E-state index in [0.717, 1.165) is 10.8 Å². The normalized spacial score (nSPS) is 17.6. The standard InChI is InChI=1S/C15H14O2/c1-15(2)9-13(16)12-7-10-5-3-4-6-11(10)8-14(12)17-15/h3-8H,9H2,1-2H3. The maximum atomic E-state index is 12.1. The first-order chi connectivity index (χ1) is 8.05. The molecule has 1 aliphatic rings. The van der Waals surface area contributed by atoms with Crippen LogP contribution in [0.1, 0.15) is 30.6 Å². The predicted octanol–water partition coefficient (Wildman–Crippen LogP) is 3.58. The van der Waals surface area contributed by atoms with Crippen molar-refractivity contribution in [3.8, 4) is 5.75 Å². The van der Waals surface area contributed by atoms with Crippen LogP contribution < -0.4 is 4.74 Å². The summed E-state index contributed by atoms with van der Waals surface area (Å²) in [4.78, 5) is 12.1. The van der Waals surface area contributed by atoms with E-state index in [1.165, 1.54) is 0 Å². The first kappa shape index (κ1) is 10.3. The van der Waals surface area contributed by atoms with Crippen LogP contribution in [0.2, 0.25) is 0 Å². The Morgan fingerprint density at radius 3 is 2.47 bits per heavy atom. The Morgan fingerprint density at radius 2 is 1.76 bits per heavy atom. The fraction of sp³-hybridized carbons (Fsp3) is 0.267. The largest absolute Gasteiger partial charge is 0.487 e. The van der Waals surface area contributed by atoms with E-state index in [2.05, 4.69) is 0 Å². The van der Waals surface area contributed by atoms with Gasteiger partial charge in [0, 0.05) is 0 Å². The van der Waals surface area contributed by atoms with Crippen LogP contribution >= 0.6 is 0 Å². The Hall–Kier alpha value is -1.83. The molecule has 0 atom stereocenters. The Balaban J connectivity index is 2.25. The summed E-state index contributed by atoms with van der Waals surface area (Å²) >= 11 is 0. The molecule has 3 rings (SSSR count). The van der Waals surface area contributed by atoms with Gasteiger partial charge in [0.15, 0.2) is 5.78 Å². The molecule has 17 heavy (non-hydrogen) atoms. The molecule has 2 heteroatoms. The maximum absolute atomic E-state index is 12.1. The number of hydrogen-bond donors (Lipinski definition) is 0. The van der Waals surface area contributed by atoms with Gasteiger partial charge in [0.1, 0.15) is 11.4 Å². The van der Waals surface area contributed by atoms with E-state index in [0.29, 0.717) is 17.7 Å². The van der Waals surface area contributed by atoms with Crippen molar-refractivity contribution in [1.29, 1.82) is 0 Å². The quantitative estimate of drug-likeness (QED) is 0.686. The average Bonchev–Trinajstić information content (AvgIpc) is 2.25. The van der Waals surface area contributed by atoms with Gasteiger partial charge in [0.2, 0.25) is 0 Å². The van der Waals surface area contributed by atoms with Crippen LogP contribution in [-0.4, -0.2) is 11.4 Å². The molecule has 2 aromatic carbocycles. The number of rotatable bonds is 0. The summed E-state index contributed by atoms with van der Waals surface area (Å²) in [6, 6.07) is 11.9. The van der Waals surface area contributed by atoms with E-state index in [-0.39, 0.29) is 5.78 Å². The van der Waals surface area contributed by atoms with Gasteiger partial charge < -0.3 is 4.74 Å². The molecule has 0 amide bonds. The highest BCUT2D eigenvalue weighted by Crippen LogP contribution is 2.35. The third-order valence-corrected chi connectivity index (χ3v) is 3.12. The Kier molecular flexibility index (Phi) is 2.02. The summed E-state index contributed by atoms with van der Waals surface area (Å²) in [5.74, 6) is 0.881. The minimum absolute atomic E-state index is 0.169. The Bertz CT molecular complexity index is 611. The van der Waals surface area contributed by atoms with Crippen molar-refractivity contribution in [2.45, 2.75) is 25.9 Å². The number of ketones is 1. The fourth-order valence-corrected chi connectivity index (χ4v) is 2.34. The lowest BCUT2D eigenvalue weighted by atomic mass is 9.91. The minimum atomic E-state index is -0.396. The molecule has 0 aromatic heterocycles. The zero-order valence-corrected chi connectivity index (χ0v) is 9.99. The van der Waals surface area contributed by atoms with Crippen molar-refractivity contribution >= 4 is 16.6 Å². The van der Waals surface area contributed by atoms with E-state index >= 15 is 0 Å². The first-order valence-corrected chi connectivity index (χ1v) is 5.80. The molecule has 0 N–H and O–H groups in total. The highest BCUT2D eigenvalue weighted by molar-refractivity contribution is 6.04. The predicted molar refractivity (Wildman–Crippen MR) is 67.6 cm³/mol. The van der Waals surface area contributed by atoms with E-state index < -0.39 is 5.60 Å². The third kappa shape index (κ3) is 1.70. The molecule has 0 unspecified atom stereocenters. The van der Waals surface area contributed by atoms with Crippen molar-refractivity contribution in [3.63, 3.8) is 0 Å². The number of carbonyl (C=O) groups is 1. The lowest BCUT2D eigenvalue weighted by molar-refractivity contribution is 0.0621. The van der Waals surface area contributed by atoms with Crippen molar-refractivity contribution in [3.05, 3.63) is 42.0 Å². The molecule has 86 valence electrons. The first-order valence-electron chi connectivity index (χ1n) is 5.80. The summed E-state index contributed by atoms with van der Waals surface area (Å²) in [5.41, 5.74) is 0.315. The van der Waals surface area contributed by atoms with Crippen molar-refractivity contribution in [2.75, 3.05) is 0 Å². The lowest BCUT2D eigenvalue weighted by Gasteiger charge is -2.31. The molecular weight excluding hydrogens is 212 g/mol. The van der Waals surface area contributed by atoms with Gasteiger partial charge in [-0.15, -0.1) is 0 Å². The van der Waals surface area contributed by atoms with E-state index in [1.807, 2.05) is 50.2 Å². The molecule has 2 aromatic rings. The second kappa shape index (κ2) is 3.33. The summed E-state index contributed by atoms with van der Waals surface area (Å²) in [5, 5.41) is 2.19. The number of hydrogen-bond acceptors (Lipinski definition) is 2. The average molecular weight is 226 g/mol. The Morgan fingerprint density at radius 1 is 1.12 bits per heavy atom. The number of benzene rings is 2. The van der Waals surface area contributed by atoms with Crippen LogP contribution in [0.15, 0.2) is 36.4 Å². The van der Waals surface area contributed by atoms with Crippen LogP contribution in [0.5, 0.6) is 5.75 Å². The van der Waals surface area contributed by atoms with Gasteiger partial charge in [0.25, 0.3) is 0 Å². The molecule has 0 spiro atoms. The number of ether oxygens (including phenoxy) is 1. The van der Waals surface area contributed by atoms with Crippen molar-refractivity contribution < 1.29 is 9.53 Å². The van der Waals surface area contributed by atoms with Gasteiger partial charge in [-0.1, -0.05) is 24.3 Å². The van der Waals surface area contributed by atoms with Crippen LogP contribution in [0.4, 0.5) is 0 Å². The molecule has 0 saturated carbocycles. The summed E-state index contributed by atoms with van der Waals surface area (Å²) in [6.45, 7) is 3.89. The van der Waals surface area contributed by atoms with Gasteiger partial charge in [0.05, 0.1) is 12.0 Å². The van der Waals surface area contributed by atoms with Gasteiger partial charge in [-0.05, 0) is 36.8 Å². The van der Waals surface area contributed by atoms with E-state index in [4.69, 9.17) is 4.74 Å². The zero-order valence-electron chi connectivity index (χ0n) is 9.99. The molecule has 0 aliphatic carbocycles. The van der Waals surface area contributed by atoms with E-state index in [1.54, 1.807) is 0 Å². The van der Waals surface area contributed by atoms with Gasteiger partial charge >= 0.3 is 0 Å². The molecule has 1 aliphatic heterocycles. The molecule has 0 saturated heterocycles. The summed E-state index contributed by atoms with van der Waals surface area (Å²) in [7, 11) is 0. The highest BCUT2D eigenvalue weighted by atomic mass is 16.5. The number of carbonyl (C=O) groups excluding carboxylic acids is 1. The van der Waals surface area contributed by atoms with Crippen molar-refractivity contribution in [1.82, 2.24) is 0 Å². The second-order valence-electron chi connectivity index (χ2n) is 5.16. The maximum Gasteiger partial charge on any atom is 0.170 e. The van der Waals surface area contributed by atoms with Crippen LogP contribution in [0, 0.1) is 0 Å². The minimum Gasteiger partial charge on any atom is -0.487 e. The number of fused-ring (bicyclic) bond motifs is 2. The molecule has 0 bridgehead atoms. The SMILES string of the molecule is CC1(C)CC(=O)c2cc3ccccc3cc2O1. The van der Waals surface area contributed by atoms with Gasteiger partial charge in [-0.25, -0.2) is 0 Å². The third-order valence-electron chi connectivity index (χ3n) is 3.12. The topological polar surface area (TPSA) is 26.3 Å². The fourth-order valence-electron chi connectivity index (χ4n) is 2.34. The zero-order chi connectivity index (χ0) is 12.0. The molecule has 2 nitrogen and oxygen atoms in total. The highest BCUT2D eigenvalue weighted by Gasteiger charge is 2.32. The number of Topliss-reactive ketones (excluding diaryl/α,β-unsaturated/α-hetero) is 1. The molecule has 0 fully saturated rings. The van der Waals surface area contributed by atoms with Crippen LogP contribution in [-0.2, 0) is 0 Å². The van der Waals surface area contributed by atoms with E-state index in [9.17, 15) is 4.79 Å². The Labute approximate surface area is 100 Å². The van der Waals surface area contributed by atoms with Crippen LogP contribution in [0.25, 0.3) is 10.8 Å². The summed E-state index contributed by atoms with van der Waals surface area (Å²) in [6.07, 6.45) is 0.443. The molecular formula is C15H14O2. The van der Waals surface area contributed by atoms with Gasteiger partial charge in [-0.3, -0.25) is 4.79 Å².